The molecule has 2 aliphatic carbocycles. The number of likely N-dealkylation sites (tertiary alicyclic amines) is 1. The molecular weight excluding hydrogens is 395 g/mol. The van der Waals surface area contributed by atoms with Crippen LogP contribution in [0.15, 0.2) is 41.4 Å². The van der Waals surface area contributed by atoms with E-state index >= 15 is 0 Å². The Kier molecular flexibility index (Phi) is 5.86. The summed E-state index contributed by atoms with van der Waals surface area (Å²) in [5.41, 5.74) is 0.149. The van der Waals surface area contributed by atoms with Crippen molar-refractivity contribution in [3.63, 3.8) is 0 Å². The van der Waals surface area contributed by atoms with Gasteiger partial charge >= 0.3 is 0 Å². The minimum atomic E-state index is -0.474. The Balaban J connectivity index is 1.35. The molecule has 7 heteroatoms. The summed E-state index contributed by atoms with van der Waals surface area (Å²) in [5.74, 6) is 0.422. The molecule has 0 radical (unpaired) electrons. The maximum absolute atomic E-state index is 14.2. The van der Waals surface area contributed by atoms with E-state index in [1.54, 1.807) is 12.1 Å². The number of carbonyl (C=O) groups is 2. The van der Waals surface area contributed by atoms with Crippen LogP contribution >= 0.6 is 0 Å². The number of hydrogen-bond acceptors (Lipinski definition) is 3. The summed E-state index contributed by atoms with van der Waals surface area (Å²) in [6.45, 7) is 7.70. The minimum Gasteiger partial charge on any atom is -0.357 e. The predicted molar refractivity (Wildman–Crippen MR) is 118 cm³/mol. The van der Waals surface area contributed by atoms with E-state index in [1.165, 1.54) is 11.0 Å². The van der Waals surface area contributed by atoms with E-state index in [4.69, 9.17) is 0 Å². The molecule has 6 nitrogen and oxygen atoms in total. The molecule has 4 rings (SSSR count). The normalized spacial score (nSPS) is 27.2. The number of nitrogens with zero attached hydrogens (tertiary/aromatic N) is 2. The Hall–Kier alpha value is -2.70. The highest BCUT2D eigenvalue weighted by atomic mass is 19.1. The molecule has 4 atom stereocenters. The van der Waals surface area contributed by atoms with Crippen molar-refractivity contribution >= 4 is 17.8 Å². The number of guanidine groups is 1. The lowest BCUT2D eigenvalue weighted by Crippen LogP contribution is -2.44. The maximum Gasteiger partial charge on any atom is 0.233 e. The molecule has 1 heterocycles. The van der Waals surface area contributed by atoms with Crippen molar-refractivity contribution in [1.82, 2.24) is 15.5 Å². The van der Waals surface area contributed by atoms with E-state index in [0.29, 0.717) is 37.7 Å². The van der Waals surface area contributed by atoms with Crippen LogP contribution in [0.5, 0.6) is 0 Å². The van der Waals surface area contributed by atoms with Crippen molar-refractivity contribution < 1.29 is 14.0 Å². The Bertz CT molecular complexity index is 896. The van der Waals surface area contributed by atoms with Crippen LogP contribution in [0.25, 0.3) is 0 Å². The minimum absolute atomic E-state index is 0.0312. The number of benzene rings is 1. The molecule has 1 saturated carbocycles. The van der Waals surface area contributed by atoms with E-state index in [9.17, 15) is 14.0 Å². The van der Waals surface area contributed by atoms with Gasteiger partial charge in [0, 0.05) is 25.0 Å². The van der Waals surface area contributed by atoms with Crippen molar-refractivity contribution in [2.75, 3.05) is 26.2 Å². The van der Waals surface area contributed by atoms with Gasteiger partial charge in [-0.3, -0.25) is 19.5 Å². The lowest BCUT2D eigenvalue weighted by Gasteiger charge is -2.24. The number of carbonyl (C=O) groups excluding carboxylic acids is 2. The molecule has 2 bridgehead atoms. The number of aliphatic imine (C=N–C) groups is 1. The van der Waals surface area contributed by atoms with Crippen molar-refractivity contribution in [3.8, 4) is 0 Å². The zero-order valence-corrected chi connectivity index (χ0v) is 18.4. The molecule has 4 unspecified atom stereocenters. The summed E-state index contributed by atoms with van der Waals surface area (Å²) < 4.78 is 14.2. The van der Waals surface area contributed by atoms with Crippen LogP contribution < -0.4 is 10.6 Å². The number of halogens is 1. The summed E-state index contributed by atoms with van der Waals surface area (Å²) in [7, 11) is 0. The molecule has 2 N–H and O–H groups in total. The van der Waals surface area contributed by atoms with E-state index < -0.39 is 5.41 Å². The average Bonchev–Trinajstić information content (AvgIpc) is 3.42. The molecule has 31 heavy (non-hydrogen) atoms. The lowest BCUT2D eigenvalue weighted by molar-refractivity contribution is -0.140. The SMILES string of the molecule is CCNC(=NCC(C)(C)c1ccccc1F)NCCN1C(=O)C2C3C=CC(C3)C2C1=O. The molecule has 2 fully saturated rings. The van der Waals surface area contributed by atoms with Crippen LogP contribution in [0.1, 0.15) is 32.8 Å². The summed E-state index contributed by atoms with van der Waals surface area (Å²) in [6, 6.07) is 6.76. The topological polar surface area (TPSA) is 73.8 Å². The van der Waals surface area contributed by atoms with Gasteiger partial charge in [-0.2, -0.15) is 0 Å². The van der Waals surface area contributed by atoms with Crippen molar-refractivity contribution in [2.24, 2.45) is 28.7 Å². The molecule has 0 spiro atoms. The Morgan fingerprint density at radius 2 is 1.77 bits per heavy atom. The zero-order chi connectivity index (χ0) is 22.2. The average molecular weight is 427 g/mol. The second-order valence-corrected chi connectivity index (χ2v) is 9.31. The van der Waals surface area contributed by atoms with Gasteiger partial charge in [-0.15, -0.1) is 0 Å². The number of nitrogens with one attached hydrogen (secondary N) is 2. The third-order valence-electron chi connectivity index (χ3n) is 6.77. The van der Waals surface area contributed by atoms with Gasteiger partial charge in [-0.25, -0.2) is 4.39 Å². The molecule has 166 valence electrons. The number of allylic oxidation sites excluding steroid dienone is 2. The molecule has 3 aliphatic rings. The fourth-order valence-corrected chi connectivity index (χ4v) is 5.18. The van der Waals surface area contributed by atoms with E-state index in [1.807, 2.05) is 26.8 Å². The van der Waals surface area contributed by atoms with Crippen LogP contribution in [0.2, 0.25) is 0 Å². The van der Waals surface area contributed by atoms with Gasteiger partial charge in [-0.1, -0.05) is 44.2 Å². The molecule has 1 saturated heterocycles. The van der Waals surface area contributed by atoms with Gasteiger partial charge in [0.25, 0.3) is 0 Å². The second-order valence-electron chi connectivity index (χ2n) is 9.31. The number of fused-ring (bicyclic) bond motifs is 5. The van der Waals surface area contributed by atoms with Gasteiger partial charge in [0.05, 0.1) is 18.4 Å². The van der Waals surface area contributed by atoms with Gasteiger partial charge in [0.15, 0.2) is 5.96 Å². The van der Waals surface area contributed by atoms with Crippen molar-refractivity contribution in [2.45, 2.75) is 32.6 Å². The van der Waals surface area contributed by atoms with E-state index in [0.717, 1.165) is 6.42 Å². The molecular formula is C24H31FN4O2. The van der Waals surface area contributed by atoms with Crippen molar-refractivity contribution in [1.29, 1.82) is 0 Å². The standard InChI is InChI=1S/C24H31FN4O2/c1-4-26-23(28-14-24(2,3)17-7-5-6-8-18(17)25)27-11-12-29-21(30)19-15-9-10-16(13-15)20(19)22(29)31/h5-10,15-16,19-20H,4,11-14H2,1-3H3,(H2,26,27,28). The monoisotopic (exact) mass is 426 g/mol. The fourth-order valence-electron chi connectivity index (χ4n) is 5.18. The first-order valence-electron chi connectivity index (χ1n) is 11.1. The molecule has 0 aromatic heterocycles. The highest BCUT2D eigenvalue weighted by molar-refractivity contribution is 6.06. The molecule has 1 aliphatic heterocycles. The number of rotatable bonds is 7. The third kappa shape index (κ3) is 3.98. The summed E-state index contributed by atoms with van der Waals surface area (Å²) in [5, 5.41) is 6.39. The van der Waals surface area contributed by atoms with Crippen LogP contribution in [0, 0.1) is 29.5 Å². The van der Waals surface area contributed by atoms with Gasteiger partial charge < -0.3 is 10.6 Å². The predicted octanol–water partition coefficient (Wildman–Crippen LogP) is 2.47. The van der Waals surface area contributed by atoms with Gasteiger partial charge in [0.2, 0.25) is 11.8 Å². The Labute approximate surface area is 183 Å². The smallest absolute Gasteiger partial charge is 0.233 e. The maximum atomic E-state index is 14.2. The highest BCUT2D eigenvalue weighted by Crippen LogP contribution is 2.52. The van der Waals surface area contributed by atoms with E-state index in [2.05, 4.69) is 27.8 Å². The molecule has 1 aromatic rings. The molecule has 1 aromatic carbocycles. The quantitative estimate of drug-likeness (QED) is 0.304. The second kappa shape index (κ2) is 8.44. The van der Waals surface area contributed by atoms with Gasteiger partial charge in [0.1, 0.15) is 5.82 Å². The van der Waals surface area contributed by atoms with Crippen LogP contribution in [-0.4, -0.2) is 48.9 Å². The van der Waals surface area contributed by atoms with Crippen LogP contribution in [0.3, 0.4) is 0 Å². The van der Waals surface area contributed by atoms with Crippen molar-refractivity contribution in [3.05, 3.63) is 47.8 Å². The van der Waals surface area contributed by atoms with Crippen LogP contribution in [-0.2, 0) is 15.0 Å². The summed E-state index contributed by atoms with van der Waals surface area (Å²) in [6.07, 6.45) is 5.14. The summed E-state index contributed by atoms with van der Waals surface area (Å²) in [4.78, 5) is 31.6. The first-order chi connectivity index (χ1) is 14.8. The fraction of sp³-hybridized carbons (Fsp3) is 0.542. The Morgan fingerprint density at radius 3 is 2.39 bits per heavy atom. The number of imide groups is 1. The highest BCUT2D eigenvalue weighted by Gasteiger charge is 2.58. The third-order valence-corrected chi connectivity index (χ3v) is 6.77. The number of hydrogen-bond donors (Lipinski definition) is 2. The Morgan fingerprint density at radius 1 is 1.13 bits per heavy atom. The zero-order valence-electron chi connectivity index (χ0n) is 18.4. The molecule has 2 amide bonds. The number of amides is 2. The van der Waals surface area contributed by atoms with Gasteiger partial charge in [-0.05, 0) is 36.8 Å². The first kappa shape index (κ1) is 21.5. The summed E-state index contributed by atoms with van der Waals surface area (Å²) >= 11 is 0. The van der Waals surface area contributed by atoms with Crippen LogP contribution in [0.4, 0.5) is 4.39 Å². The largest absolute Gasteiger partial charge is 0.357 e. The first-order valence-corrected chi connectivity index (χ1v) is 11.1. The lowest BCUT2D eigenvalue weighted by atomic mass is 9.84. The van der Waals surface area contributed by atoms with E-state index in [-0.39, 0.29) is 41.3 Å².